The highest BCUT2D eigenvalue weighted by molar-refractivity contribution is 5.87. The summed E-state index contributed by atoms with van der Waals surface area (Å²) < 4.78 is 4.44. The lowest BCUT2D eigenvalue weighted by Crippen LogP contribution is -2.51. The van der Waals surface area contributed by atoms with Crippen LogP contribution in [0.3, 0.4) is 0 Å². The first kappa shape index (κ1) is 15.4. The van der Waals surface area contributed by atoms with E-state index in [1.807, 2.05) is 0 Å². The van der Waals surface area contributed by atoms with Crippen LogP contribution in [0.15, 0.2) is 0 Å². The topological polar surface area (TPSA) is 105 Å². The number of carbonyl (C=O) groups is 3. The van der Waals surface area contributed by atoms with Crippen LogP contribution in [-0.2, 0) is 19.1 Å². The van der Waals surface area contributed by atoms with Crippen LogP contribution in [0.25, 0.3) is 0 Å². The molecule has 2 atom stereocenters. The molecule has 19 heavy (non-hydrogen) atoms. The molecule has 0 aromatic heterocycles. The van der Waals surface area contributed by atoms with Crippen LogP contribution in [0.1, 0.15) is 32.1 Å². The highest BCUT2D eigenvalue weighted by Crippen LogP contribution is 2.08. The number of methoxy groups -OCH3 is 1. The number of carbonyl (C=O) groups excluding carboxylic acids is 2. The highest BCUT2D eigenvalue weighted by Gasteiger charge is 2.26. The molecular formula is C12H20N2O5. The molecule has 108 valence electrons. The molecule has 0 bridgehead atoms. The molecule has 1 unspecified atom stereocenters. The Labute approximate surface area is 111 Å². The normalized spacial score (nSPS) is 20.4. The minimum atomic E-state index is -1.15. The molecule has 1 rings (SSSR count). The number of aliphatic carboxylic acids is 1. The lowest BCUT2D eigenvalue weighted by molar-refractivity contribution is -0.144. The third-order valence-electron chi connectivity index (χ3n) is 3.11. The van der Waals surface area contributed by atoms with Crippen LogP contribution >= 0.6 is 0 Å². The largest absolute Gasteiger partial charge is 0.480 e. The van der Waals surface area contributed by atoms with Gasteiger partial charge in [-0.15, -0.1) is 0 Å². The number of esters is 1. The van der Waals surface area contributed by atoms with E-state index in [1.165, 1.54) is 7.11 Å². The lowest BCUT2D eigenvalue weighted by Gasteiger charge is -2.24. The second kappa shape index (κ2) is 7.73. The molecule has 0 saturated carbocycles. The molecule has 1 saturated heterocycles. The van der Waals surface area contributed by atoms with Crippen LogP contribution < -0.4 is 10.6 Å². The third kappa shape index (κ3) is 5.25. The van der Waals surface area contributed by atoms with Gasteiger partial charge in [-0.2, -0.15) is 0 Å². The second-order valence-electron chi connectivity index (χ2n) is 4.52. The summed E-state index contributed by atoms with van der Waals surface area (Å²) in [7, 11) is 1.24. The predicted molar refractivity (Wildman–Crippen MR) is 66.5 cm³/mol. The molecule has 1 heterocycles. The summed E-state index contributed by atoms with van der Waals surface area (Å²) in [6.45, 7) is 0.762. The van der Waals surface area contributed by atoms with Crippen LogP contribution in [-0.4, -0.2) is 48.7 Å². The van der Waals surface area contributed by atoms with Gasteiger partial charge in [-0.05, 0) is 25.8 Å². The zero-order valence-electron chi connectivity index (χ0n) is 11.0. The SMILES string of the molecule is COC(=O)CC[C@@H](NC(=O)C1CCCCN1)C(=O)O. The molecule has 1 fully saturated rings. The van der Waals surface area contributed by atoms with Crippen LogP contribution in [0, 0.1) is 0 Å². The summed E-state index contributed by atoms with van der Waals surface area (Å²) in [5.41, 5.74) is 0. The maximum Gasteiger partial charge on any atom is 0.326 e. The van der Waals surface area contributed by atoms with E-state index in [4.69, 9.17) is 5.11 Å². The molecule has 1 amide bonds. The number of carboxylic acid groups (broad SMARTS) is 1. The van der Waals surface area contributed by atoms with Crippen molar-refractivity contribution in [2.75, 3.05) is 13.7 Å². The number of hydrogen-bond donors (Lipinski definition) is 3. The fraction of sp³-hybridized carbons (Fsp3) is 0.750. The van der Waals surface area contributed by atoms with Gasteiger partial charge in [-0.25, -0.2) is 4.79 Å². The molecule has 1 aliphatic heterocycles. The van der Waals surface area contributed by atoms with E-state index in [9.17, 15) is 14.4 Å². The zero-order chi connectivity index (χ0) is 14.3. The van der Waals surface area contributed by atoms with Gasteiger partial charge in [0, 0.05) is 6.42 Å². The quantitative estimate of drug-likeness (QED) is 0.571. The Balaban J connectivity index is 2.45. The van der Waals surface area contributed by atoms with Crippen molar-refractivity contribution in [3.8, 4) is 0 Å². The van der Waals surface area contributed by atoms with Gasteiger partial charge in [-0.3, -0.25) is 9.59 Å². The van der Waals surface area contributed by atoms with Gasteiger partial charge in [-0.1, -0.05) is 6.42 Å². The Morgan fingerprint density at radius 3 is 2.68 bits per heavy atom. The van der Waals surface area contributed by atoms with Gasteiger partial charge in [0.05, 0.1) is 13.2 Å². The maximum atomic E-state index is 11.9. The summed E-state index contributed by atoms with van der Waals surface area (Å²) in [5.74, 6) is -1.96. The van der Waals surface area contributed by atoms with Crippen molar-refractivity contribution >= 4 is 17.8 Å². The minimum Gasteiger partial charge on any atom is -0.480 e. The summed E-state index contributed by atoms with van der Waals surface area (Å²) in [6, 6.07) is -1.40. The van der Waals surface area contributed by atoms with Crippen molar-refractivity contribution in [2.24, 2.45) is 0 Å². The van der Waals surface area contributed by atoms with Crippen molar-refractivity contribution in [1.82, 2.24) is 10.6 Å². The van der Waals surface area contributed by atoms with Crippen LogP contribution in [0.4, 0.5) is 0 Å². The Morgan fingerprint density at radius 1 is 1.42 bits per heavy atom. The van der Waals surface area contributed by atoms with E-state index in [-0.39, 0.29) is 24.8 Å². The highest BCUT2D eigenvalue weighted by atomic mass is 16.5. The monoisotopic (exact) mass is 272 g/mol. The Bertz CT molecular complexity index is 339. The molecule has 3 N–H and O–H groups in total. The number of rotatable bonds is 6. The minimum absolute atomic E-state index is 0.0282. The molecule has 7 nitrogen and oxygen atoms in total. The van der Waals surface area contributed by atoms with Gasteiger partial charge >= 0.3 is 11.9 Å². The van der Waals surface area contributed by atoms with E-state index >= 15 is 0 Å². The number of amides is 1. The smallest absolute Gasteiger partial charge is 0.326 e. The average molecular weight is 272 g/mol. The third-order valence-corrected chi connectivity index (χ3v) is 3.11. The second-order valence-corrected chi connectivity index (χ2v) is 4.52. The molecule has 0 aromatic rings. The van der Waals surface area contributed by atoms with Crippen molar-refractivity contribution in [2.45, 2.75) is 44.2 Å². The van der Waals surface area contributed by atoms with Gasteiger partial charge < -0.3 is 20.5 Å². The number of hydrogen-bond acceptors (Lipinski definition) is 5. The van der Waals surface area contributed by atoms with Crippen molar-refractivity contribution in [3.05, 3.63) is 0 Å². The Kier molecular flexibility index (Phi) is 6.27. The van der Waals surface area contributed by atoms with Gasteiger partial charge in [0.25, 0.3) is 0 Å². The van der Waals surface area contributed by atoms with Gasteiger partial charge in [0.2, 0.25) is 5.91 Å². The van der Waals surface area contributed by atoms with E-state index < -0.39 is 18.0 Å². The van der Waals surface area contributed by atoms with E-state index in [0.29, 0.717) is 6.42 Å². The lowest BCUT2D eigenvalue weighted by atomic mass is 10.0. The van der Waals surface area contributed by atoms with Crippen molar-refractivity contribution in [3.63, 3.8) is 0 Å². The molecule has 0 radical (unpaired) electrons. The number of nitrogens with one attached hydrogen (secondary N) is 2. The predicted octanol–water partition coefficient (Wildman–Crippen LogP) is -0.349. The Morgan fingerprint density at radius 2 is 2.16 bits per heavy atom. The fourth-order valence-electron chi connectivity index (χ4n) is 1.97. The molecule has 0 aliphatic carbocycles. The van der Waals surface area contributed by atoms with Gasteiger partial charge in [0.1, 0.15) is 6.04 Å². The average Bonchev–Trinajstić information content (AvgIpc) is 2.43. The first-order valence-corrected chi connectivity index (χ1v) is 6.38. The van der Waals surface area contributed by atoms with E-state index in [0.717, 1.165) is 19.4 Å². The van der Waals surface area contributed by atoms with Crippen LogP contribution in [0.2, 0.25) is 0 Å². The number of carboxylic acids is 1. The summed E-state index contributed by atoms with van der Waals surface area (Å²) >= 11 is 0. The van der Waals surface area contributed by atoms with E-state index in [2.05, 4.69) is 15.4 Å². The summed E-state index contributed by atoms with van der Waals surface area (Å²) in [5, 5.41) is 14.5. The standard InChI is InChI=1S/C12H20N2O5/c1-19-10(15)6-5-9(12(17)18)14-11(16)8-4-2-3-7-13-8/h8-9,13H,2-7H2,1H3,(H,14,16)(H,17,18)/t8?,9-/m1/s1. The number of ether oxygens (including phenoxy) is 1. The Hall–Kier alpha value is -1.63. The molecule has 1 aliphatic rings. The molecule has 0 aromatic carbocycles. The maximum absolute atomic E-state index is 11.9. The molecule has 0 spiro atoms. The van der Waals surface area contributed by atoms with Crippen molar-refractivity contribution < 1.29 is 24.2 Å². The van der Waals surface area contributed by atoms with Gasteiger partial charge in [0.15, 0.2) is 0 Å². The first-order chi connectivity index (χ1) is 9.04. The summed E-state index contributed by atoms with van der Waals surface area (Å²) in [6.07, 6.45) is 2.67. The summed E-state index contributed by atoms with van der Waals surface area (Å²) in [4.78, 5) is 33.9. The van der Waals surface area contributed by atoms with E-state index in [1.54, 1.807) is 0 Å². The van der Waals surface area contributed by atoms with Crippen LogP contribution in [0.5, 0.6) is 0 Å². The van der Waals surface area contributed by atoms with Crippen molar-refractivity contribution in [1.29, 1.82) is 0 Å². The first-order valence-electron chi connectivity index (χ1n) is 6.38. The fourth-order valence-corrected chi connectivity index (χ4v) is 1.97. The molecular weight excluding hydrogens is 252 g/mol. The zero-order valence-corrected chi connectivity index (χ0v) is 11.0. The molecule has 7 heteroatoms. The number of piperidine rings is 1.